The van der Waals surface area contributed by atoms with E-state index in [0.717, 1.165) is 32.2 Å². The van der Waals surface area contributed by atoms with Crippen molar-refractivity contribution in [2.75, 3.05) is 0 Å². The van der Waals surface area contributed by atoms with Crippen LogP contribution in [0.5, 0.6) is 0 Å². The molecule has 6 heteroatoms. The molecule has 0 aliphatic rings. The van der Waals surface area contributed by atoms with Gasteiger partial charge in [-0.3, -0.25) is 4.79 Å². The minimum atomic E-state index is -0.0482. The summed E-state index contributed by atoms with van der Waals surface area (Å²) >= 11 is 3.53. The van der Waals surface area contributed by atoms with Crippen molar-refractivity contribution in [1.82, 2.24) is 19.9 Å². The Labute approximate surface area is 146 Å². The molecular weight excluding hydrogens is 368 g/mol. The van der Waals surface area contributed by atoms with Crippen molar-refractivity contribution in [3.8, 4) is 0 Å². The first kappa shape index (κ1) is 15.0. The molecule has 2 aromatic heterocycles. The lowest BCUT2D eigenvalue weighted by Crippen LogP contribution is -2.27. The molecular formula is C18H15BrN4O. The van der Waals surface area contributed by atoms with Crippen molar-refractivity contribution in [2.45, 2.75) is 13.1 Å². The van der Waals surface area contributed by atoms with Gasteiger partial charge in [-0.2, -0.15) is 0 Å². The highest BCUT2D eigenvalue weighted by molar-refractivity contribution is 9.10. The van der Waals surface area contributed by atoms with E-state index in [1.807, 2.05) is 59.3 Å². The van der Waals surface area contributed by atoms with Crippen LogP contribution < -0.4 is 5.32 Å². The van der Waals surface area contributed by atoms with Crippen LogP contribution in [-0.2, 0) is 17.9 Å². The van der Waals surface area contributed by atoms with Crippen molar-refractivity contribution in [1.29, 1.82) is 0 Å². The predicted octanol–water partition coefficient (Wildman–Crippen LogP) is 3.60. The SMILES string of the molecule is O=C(Cn1ccc2c(Br)cccc21)NCc1nc2ccccc2[nH]1. The van der Waals surface area contributed by atoms with E-state index in [2.05, 4.69) is 31.2 Å². The third-order valence-corrected chi connectivity index (χ3v) is 4.66. The molecule has 4 aromatic rings. The Morgan fingerprint density at radius 1 is 1.17 bits per heavy atom. The Morgan fingerprint density at radius 2 is 2.04 bits per heavy atom. The number of benzene rings is 2. The third kappa shape index (κ3) is 2.80. The number of imidazole rings is 1. The number of hydrogen-bond acceptors (Lipinski definition) is 2. The molecule has 5 nitrogen and oxygen atoms in total. The first-order valence-electron chi connectivity index (χ1n) is 7.64. The molecule has 4 rings (SSSR count). The van der Waals surface area contributed by atoms with Gasteiger partial charge in [-0.05, 0) is 30.3 Å². The fourth-order valence-corrected chi connectivity index (χ4v) is 3.29. The van der Waals surface area contributed by atoms with Crippen molar-refractivity contribution in [3.05, 3.63) is 65.0 Å². The van der Waals surface area contributed by atoms with Crippen LogP contribution in [-0.4, -0.2) is 20.4 Å². The first-order valence-corrected chi connectivity index (χ1v) is 8.44. The molecule has 0 saturated carbocycles. The van der Waals surface area contributed by atoms with Crippen LogP contribution in [0.1, 0.15) is 5.82 Å². The lowest BCUT2D eigenvalue weighted by Gasteiger charge is -2.06. The van der Waals surface area contributed by atoms with E-state index in [9.17, 15) is 4.79 Å². The molecule has 0 unspecified atom stereocenters. The minimum absolute atomic E-state index is 0.0482. The number of aromatic nitrogens is 3. The summed E-state index contributed by atoms with van der Waals surface area (Å²) in [6.45, 7) is 0.663. The highest BCUT2D eigenvalue weighted by Crippen LogP contribution is 2.24. The summed E-state index contributed by atoms with van der Waals surface area (Å²) in [5.74, 6) is 0.706. The fraction of sp³-hybridized carbons (Fsp3) is 0.111. The molecule has 0 bridgehead atoms. The normalized spacial score (nSPS) is 11.2. The smallest absolute Gasteiger partial charge is 0.240 e. The van der Waals surface area contributed by atoms with Gasteiger partial charge in [0.1, 0.15) is 12.4 Å². The number of nitrogens with zero attached hydrogens (tertiary/aromatic N) is 2. The molecule has 120 valence electrons. The molecule has 0 saturated heterocycles. The number of carbonyl (C=O) groups excluding carboxylic acids is 1. The van der Waals surface area contributed by atoms with E-state index in [1.165, 1.54) is 0 Å². The second-order valence-corrected chi connectivity index (χ2v) is 6.45. The molecule has 0 atom stereocenters. The van der Waals surface area contributed by atoms with Gasteiger partial charge in [-0.15, -0.1) is 0 Å². The van der Waals surface area contributed by atoms with Crippen LogP contribution in [0.4, 0.5) is 0 Å². The zero-order chi connectivity index (χ0) is 16.5. The molecule has 0 fully saturated rings. The van der Waals surface area contributed by atoms with Crippen molar-refractivity contribution >= 4 is 43.8 Å². The van der Waals surface area contributed by atoms with Crippen LogP contribution in [0.3, 0.4) is 0 Å². The second kappa shape index (κ2) is 6.13. The van der Waals surface area contributed by atoms with Gasteiger partial charge in [0.05, 0.1) is 17.6 Å². The number of hydrogen-bond donors (Lipinski definition) is 2. The van der Waals surface area contributed by atoms with Gasteiger partial charge in [0.2, 0.25) is 5.91 Å². The van der Waals surface area contributed by atoms with Gasteiger partial charge in [-0.25, -0.2) is 4.98 Å². The molecule has 0 spiro atoms. The number of amides is 1. The maximum atomic E-state index is 12.2. The van der Waals surface area contributed by atoms with Gasteiger partial charge in [-0.1, -0.05) is 34.1 Å². The van der Waals surface area contributed by atoms with Crippen LogP contribution in [0.15, 0.2) is 59.2 Å². The monoisotopic (exact) mass is 382 g/mol. The first-order chi connectivity index (χ1) is 11.7. The maximum absolute atomic E-state index is 12.2. The number of aromatic amines is 1. The molecule has 2 heterocycles. The molecule has 2 N–H and O–H groups in total. The highest BCUT2D eigenvalue weighted by atomic mass is 79.9. The number of carbonyl (C=O) groups is 1. The lowest BCUT2D eigenvalue weighted by atomic mass is 10.2. The second-order valence-electron chi connectivity index (χ2n) is 5.59. The lowest BCUT2D eigenvalue weighted by molar-refractivity contribution is -0.121. The quantitative estimate of drug-likeness (QED) is 0.566. The Kier molecular flexibility index (Phi) is 3.82. The van der Waals surface area contributed by atoms with Gasteiger partial charge < -0.3 is 14.9 Å². The van der Waals surface area contributed by atoms with E-state index < -0.39 is 0 Å². The number of fused-ring (bicyclic) bond motifs is 2. The molecule has 0 radical (unpaired) electrons. The largest absolute Gasteiger partial charge is 0.347 e. The zero-order valence-corrected chi connectivity index (χ0v) is 14.4. The predicted molar refractivity (Wildman–Crippen MR) is 97.6 cm³/mol. The van der Waals surface area contributed by atoms with E-state index in [0.29, 0.717) is 6.54 Å². The van der Waals surface area contributed by atoms with Crippen molar-refractivity contribution < 1.29 is 4.79 Å². The van der Waals surface area contributed by atoms with Crippen LogP contribution >= 0.6 is 15.9 Å². The van der Waals surface area contributed by atoms with Gasteiger partial charge in [0.15, 0.2) is 0 Å². The Bertz CT molecular complexity index is 1000. The van der Waals surface area contributed by atoms with Gasteiger partial charge in [0, 0.05) is 21.6 Å². The van der Waals surface area contributed by atoms with Crippen LogP contribution in [0, 0.1) is 0 Å². The topological polar surface area (TPSA) is 62.7 Å². The van der Waals surface area contributed by atoms with E-state index in [-0.39, 0.29) is 12.5 Å². The molecule has 24 heavy (non-hydrogen) atoms. The molecule has 2 aromatic carbocycles. The minimum Gasteiger partial charge on any atom is -0.347 e. The number of H-pyrrole nitrogens is 1. The van der Waals surface area contributed by atoms with Crippen molar-refractivity contribution in [2.24, 2.45) is 0 Å². The van der Waals surface area contributed by atoms with Gasteiger partial charge in [0.25, 0.3) is 0 Å². The summed E-state index contributed by atoms with van der Waals surface area (Å²) in [6.07, 6.45) is 1.93. The number of rotatable bonds is 4. The summed E-state index contributed by atoms with van der Waals surface area (Å²) in [5, 5.41) is 4.01. The number of halogens is 1. The maximum Gasteiger partial charge on any atom is 0.240 e. The standard InChI is InChI=1S/C18H15BrN4O/c19-13-4-3-7-16-12(13)8-9-23(16)11-18(24)20-10-17-21-14-5-1-2-6-15(14)22-17/h1-9H,10-11H2,(H,20,24)(H,21,22). The summed E-state index contributed by atoms with van der Waals surface area (Å²) in [4.78, 5) is 19.9. The average molecular weight is 383 g/mol. The van der Waals surface area contributed by atoms with E-state index >= 15 is 0 Å². The Hall–Kier alpha value is -2.60. The Morgan fingerprint density at radius 3 is 2.92 bits per heavy atom. The fourth-order valence-electron chi connectivity index (χ4n) is 2.81. The Balaban J connectivity index is 1.45. The van der Waals surface area contributed by atoms with Crippen LogP contribution in [0.25, 0.3) is 21.9 Å². The average Bonchev–Trinajstić information content (AvgIpc) is 3.18. The summed E-state index contributed by atoms with van der Waals surface area (Å²) in [5.41, 5.74) is 2.91. The number of nitrogens with one attached hydrogen (secondary N) is 2. The zero-order valence-electron chi connectivity index (χ0n) is 12.8. The summed E-state index contributed by atoms with van der Waals surface area (Å²) in [7, 11) is 0. The van der Waals surface area contributed by atoms with E-state index in [1.54, 1.807) is 0 Å². The van der Waals surface area contributed by atoms with Crippen LogP contribution in [0.2, 0.25) is 0 Å². The molecule has 1 amide bonds. The highest BCUT2D eigenvalue weighted by Gasteiger charge is 2.09. The third-order valence-electron chi connectivity index (χ3n) is 3.97. The molecule has 0 aliphatic heterocycles. The summed E-state index contributed by atoms with van der Waals surface area (Å²) < 4.78 is 2.97. The summed E-state index contributed by atoms with van der Waals surface area (Å²) in [6, 6.07) is 15.8. The van der Waals surface area contributed by atoms with E-state index in [4.69, 9.17) is 0 Å². The number of para-hydroxylation sites is 2. The van der Waals surface area contributed by atoms with Gasteiger partial charge >= 0.3 is 0 Å². The van der Waals surface area contributed by atoms with Crippen molar-refractivity contribution in [3.63, 3.8) is 0 Å². The molecule has 0 aliphatic carbocycles.